The highest BCUT2D eigenvalue weighted by Crippen LogP contribution is 2.34. The Morgan fingerprint density at radius 2 is 1.81 bits per heavy atom. The second-order valence-electron chi connectivity index (χ2n) is 5.40. The predicted molar refractivity (Wildman–Crippen MR) is 79.5 cm³/mol. The lowest BCUT2D eigenvalue weighted by Gasteiger charge is -2.31. The normalized spacial score (nSPS) is 21.6. The Bertz CT molecular complexity index is 529. The van der Waals surface area contributed by atoms with E-state index in [0.717, 1.165) is 12.8 Å². The topological polar surface area (TPSA) is 66.8 Å². The van der Waals surface area contributed by atoms with Gasteiger partial charge in [0.2, 0.25) is 5.91 Å². The summed E-state index contributed by atoms with van der Waals surface area (Å²) in [7, 11) is 3.23. The van der Waals surface area contributed by atoms with Crippen molar-refractivity contribution in [3.8, 4) is 5.75 Å². The quantitative estimate of drug-likeness (QED) is 0.925. The van der Waals surface area contributed by atoms with Crippen LogP contribution >= 0.6 is 0 Å². The molecule has 2 rings (SSSR count). The first-order valence-electron chi connectivity index (χ1n) is 7.19. The number of carboxylic acids is 1. The molecule has 1 aliphatic rings. The van der Waals surface area contributed by atoms with Gasteiger partial charge in [-0.3, -0.25) is 9.59 Å². The Morgan fingerprint density at radius 1 is 1.19 bits per heavy atom. The summed E-state index contributed by atoms with van der Waals surface area (Å²) in [5.41, 5.74) is 0.666. The van der Waals surface area contributed by atoms with E-state index >= 15 is 0 Å². The summed E-state index contributed by atoms with van der Waals surface area (Å²) in [4.78, 5) is 25.6. The molecule has 1 fully saturated rings. The number of para-hydroxylation sites is 2. The summed E-state index contributed by atoms with van der Waals surface area (Å²) >= 11 is 0. The monoisotopic (exact) mass is 291 g/mol. The molecule has 1 saturated carbocycles. The maximum atomic E-state index is 12.7. The maximum Gasteiger partial charge on any atom is 0.307 e. The fourth-order valence-corrected chi connectivity index (χ4v) is 3.00. The first kappa shape index (κ1) is 15.4. The van der Waals surface area contributed by atoms with Crippen molar-refractivity contribution in [2.24, 2.45) is 11.8 Å². The second-order valence-corrected chi connectivity index (χ2v) is 5.40. The molecule has 0 radical (unpaired) electrons. The van der Waals surface area contributed by atoms with Gasteiger partial charge in [-0.05, 0) is 25.0 Å². The molecule has 0 spiro atoms. The first-order chi connectivity index (χ1) is 10.1. The van der Waals surface area contributed by atoms with Crippen molar-refractivity contribution >= 4 is 17.6 Å². The van der Waals surface area contributed by atoms with Gasteiger partial charge in [0.1, 0.15) is 5.75 Å². The number of methoxy groups -OCH3 is 1. The Labute approximate surface area is 124 Å². The van der Waals surface area contributed by atoms with Crippen LogP contribution in [0.2, 0.25) is 0 Å². The lowest BCUT2D eigenvalue weighted by atomic mass is 9.78. The molecule has 0 aromatic heterocycles. The number of nitrogens with zero attached hydrogens (tertiary/aromatic N) is 1. The minimum atomic E-state index is -0.874. The van der Waals surface area contributed by atoms with E-state index in [-0.39, 0.29) is 5.91 Å². The van der Waals surface area contributed by atoms with Crippen LogP contribution < -0.4 is 9.64 Å². The molecule has 1 aromatic rings. The minimum Gasteiger partial charge on any atom is -0.495 e. The van der Waals surface area contributed by atoms with Gasteiger partial charge >= 0.3 is 5.97 Å². The summed E-state index contributed by atoms with van der Waals surface area (Å²) in [5.74, 6) is -1.45. The van der Waals surface area contributed by atoms with E-state index in [1.165, 1.54) is 4.90 Å². The van der Waals surface area contributed by atoms with Gasteiger partial charge in [-0.15, -0.1) is 0 Å². The molecule has 2 atom stereocenters. The van der Waals surface area contributed by atoms with E-state index in [0.29, 0.717) is 24.3 Å². The smallest absolute Gasteiger partial charge is 0.307 e. The number of hydrogen-bond acceptors (Lipinski definition) is 3. The summed E-state index contributed by atoms with van der Waals surface area (Å²) in [6, 6.07) is 7.25. The molecule has 0 bridgehead atoms. The zero-order valence-electron chi connectivity index (χ0n) is 12.4. The van der Waals surface area contributed by atoms with E-state index in [9.17, 15) is 14.7 Å². The number of ether oxygens (including phenoxy) is 1. The van der Waals surface area contributed by atoms with Gasteiger partial charge in [0.15, 0.2) is 0 Å². The Hall–Kier alpha value is -2.04. The summed E-state index contributed by atoms with van der Waals surface area (Å²) in [6.07, 6.45) is 2.99. The lowest BCUT2D eigenvalue weighted by Crippen LogP contribution is -2.41. The summed E-state index contributed by atoms with van der Waals surface area (Å²) < 4.78 is 5.27. The minimum absolute atomic E-state index is 0.147. The number of carboxylic acid groups (broad SMARTS) is 1. The van der Waals surface area contributed by atoms with Crippen LogP contribution in [0.25, 0.3) is 0 Å². The molecule has 1 aromatic carbocycles. The van der Waals surface area contributed by atoms with Crippen LogP contribution in [-0.2, 0) is 9.59 Å². The fourth-order valence-electron chi connectivity index (χ4n) is 3.00. The second kappa shape index (κ2) is 6.61. The number of aliphatic carboxylic acids is 1. The van der Waals surface area contributed by atoms with E-state index in [1.54, 1.807) is 26.3 Å². The van der Waals surface area contributed by atoms with Crippen LogP contribution in [-0.4, -0.2) is 31.1 Å². The number of anilines is 1. The molecule has 0 unspecified atom stereocenters. The molecular formula is C16H21NO4. The highest BCUT2D eigenvalue weighted by molar-refractivity contribution is 5.98. The molecule has 21 heavy (non-hydrogen) atoms. The standard InChI is InChI=1S/C16H21NO4/c1-17(13-9-5-6-10-14(13)21-2)15(18)11-7-3-4-8-12(11)16(19)20/h5-6,9-12H,3-4,7-8H2,1-2H3,(H,19,20)/t11-,12+/m1/s1. The number of rotatable bonds is 4. The number of carbonyl (C=O) groups is 2. The van der Waals surface area contributed by atoms with Crippen molar-refractivity contribution < 1.29 is 19.4 Å². The number of benzene rings is 1. The first-order valence-corrected chi connectivity index (χ1v) is 7.19. The molecule has 0 aliphatic heterocycles. The average molecular weight is 291 g/mol. The third-order valence-electron chi connectivity index (χ3n) is 4.18. The molecule has 1 N–H and O–H groups in total. The van der Waals surface area contributed by atoms with Crippen molar-refractivity contribution in [3.05, 3.63) is 24.3 Å². The number of hydrogen-bond donors (Lipinski definition) is 1. The van der Waals surface area contributed by atoms with Crippen molar-refractivity contribution in [2.75, 3.05) is 19.1 Å². The summed E-state index contributed by atoms with van der Waals surface area (Å²) in [6.45, 7) is 0. The zero-order valence-corrected chi connectivity index (χ0v) is 12.4. The van der Waals surface area contributed by atoms with E-state index < -0.39 is 17.8 Å². The van der Waals surface area contributed by atoms with Crippen LogP contribution in [0.3, 0.4) is 0 Å². The predicted octanol–water partition coefficient (Wildman–Crippen LogP) is 2.55. The van der Waals surface area contributed by atoms with Crippen molar-refractivity contribution in [3.63, 3.8) is 0 Å². The molecule has 114 valence electrons. The SMILES string of the molecule is COc1ccccc1N(C)C(=O)[C@@H]1CCCC[C@@H]1C(=O)O. The fraction of sp³-hybridized carbons (Fsp3) is 0.500. The third-order valence-corrected chi connectivity index (χ3v) is 4.18. The van der Waals surface area contributed by atoms with Gasteiger partial charge in [-0.25, -0.2) is 0 Å². The lowest BCUT2D eigenvalue weighted by molar-refractivity contribution is -0.148. The van der Waals surface area contributed by atoms with Crippen LogP contribution in [0, 0.1) is 11.8 Å². The molecule has 1 amide bonds. The van der Waals surface area contributed by atoms with Gasteiger partial charge in [0.05, 0.1) is 24.6 Å². The Kier molecular flexibility index (Phi) is 4.83. The van der Waals surface area contributed by atoms with E-state index in [2.05, 4.69) is 0 Å². The van der Waals surface area contributed by atoms with Gasteiger partial charge in [-0.1, -0.05) is 25.0 Å². The van der Waals surface area contributed by atoms with Gasteiger partial charge in [0.25, 0.3) is 0 Å². The average Bonchev–Trinajstić information content (AvgIpc) is 2.53. The maximum absolute atomic E-state index is 12.7. The van der Waals surface area contributed by atoms with E-state index in [4.69, 9.17) is 4.74 Å². The molecule has 1 aliphatic carbocycles. The highest BCUT2D eigenvalue weighted by Gasteiger charge is 2.37. The molecule has 0 saturated heterocycles. The van der Waals surface area contributed by atoms with Crippen molar-refractivity contribution in [1.82, 2.24) is 0 Å². The van der Waals surface area contributed by atoms with Crippen LogP contribution in [0.4, 0.5) is 5.69 Å². The Balaban J connectivity index is 2.23. The van der Waals surface area contributed by atoms with Crippen molar-refractivity contribution in [1.29, 1.82) is 0 Å². The Morgan fingerprint density at radius 3 is 2.43 bits per heavy atom. The van der Waals surface area contributed by atoms with Crippen molar-refractivity contribution in [2.45, 2.75) is 25.7 Å². The van der Waals surface area contributed by atoms with Crippen LogP contribution in [0.1, 0.15) is 25.7 Å². The summed E-state index contributed by atoms with van der Waals surface area (Å²) in [5, 5.41) is 9.32. The zero-order chi connectivity index (χ0) is 15.4. The van der Waals surface area contributed by atoms with Crippen LogP contribution in [0.15, 0.2) is 24.3 Å². The molecular weight excluding hydrogens is 270 g/mol. The van der Waals surface area contributed by atoms with Gasteiger partial charge in [0, 0.05) is 7.05 Å². The van der Waals surface area contributed by atoms with E-state index in [1.807, 2.05) is 12.1 Å². The third kappa shape index (κ3) is 3.17. The molecule has 0 heterocycles. The number of carbonyl (C=O) groups excluding carboxylic acids is 1. The molecule has 5 heteroatoms. The molecule has 5 nitrogen and oxygen atoms in total. The van der Waals surface area contributed by atoms with Gasteiger partial charge < -0.3 is 14.7 Å². The van der Waals surface area contributed by atoms with Gasteiger partial charge in [-0.2, -0.15) is 0 Å². The van der Waals surface area contributed by atoms with Crippen LogP contribution in [0.5, 0.6) is 5.75 Å². The number of amides is 1. The largest absolute Gasteiger partial charge is 0.495 e. The highest BCUT2D eigenvalue weighted by atomic mass is 16.5.